The summed E-state index contributed by atoms with van der Waals surface area (Å²) in [5.41, 5.74) is -0.0330. The predicted molar refractivity (Wildman–Crippen MR) is 94.8 cm³/mol. The van der Waals surface area contributed by atoms with Crippen LogP contribution in [0.3, 0.4) is 0 Å². The van der Waals surface area contributed by atoms with E-state index >= 15 is 0 Å². The standard InChI is InChI=1S/C20H11F5N4/c21-12-5-15(23)20(27-7-12)13-3-10(1-2-14(13)22)11-4-18(29-28-6-11)19-16(24)8-26-9-17(19)25/h1,3-9,14H,2H2. The lowest BCUT2D eigenvalue weighted by atomic mass is 9.91. The average Bonchev–Trinajstić information content (AvgIpc) is 2.69. The van der Waals surface area contributed by atoms with Gasteiger partial charge in [-0.05, 0) is 17.7 Å². The molecule has 146 valence electrons. The summed E-state index contributed by atoms with van der Waals surface area (Å²) < 4.78 is 69.6. The number of halogens is 5. The van der Waals surface area contributed by atoms with Crippen LogP contribution in [0.1, 0.15) is 17.7 Å². The largest absolute Gasteiger partial charge is 0.259 e. The summed E-state index contributed by atoms with van der Waals surface area (Å²) >= 11 is 0. The van der Waals surface area contributed by atoms with Crippen molar-refractivity contribution >= 4 is 11.1 Å². The van der Waals surface area contributed by atoms with Crippen LogP contribution in [0.2, 0.25) is 0 Å². The fraction of sp³-hybridized carbons (Fsp3) is 0.100. The molecule has 4 nitrogen and oxygen atoms in total. The smallest absolute Gasteiger partial charge is 0.153 e. The number of allylic oxidation sites excluding steroid dienone is 4. The maximum atomic E-state index is 14.4. The highest BCUT2D eigenvalue weighted by Gasteiger charge is 2.24. The zero-order chi connectivity index (χ0) is 20.5. The van der Waals surface area contributed by atoms with E-state index in [9.17, 15) is 22.0 Å². The Bertz CT molecular complexity index is 1140. The van der Waals surface area contributed by atoms with Crippen LogP contribution in [0.15, 0.2) is 49.1 Å². The lowest BCUT2D eigenvalue weighted by Gasteiger charge is -2.18. The van der Waals surface area contributed by atoms with E-state index in [-0.39, 0.29) is 23.4 Å². The summed E-state index contributed by atoms with van der Waals surface area (Å²) in [6.45, 7) is 0. The Kier molecular flexibility index (Phi) is 4.87. The maximum absolute atomic E-state index is 14.4. The first kappa shape index (κ1) is 18.9. The molecule has 0 N–H and O–H groups in total. The monoisotopic (exact) mass is 402 g/mol. The topological polar surface area (TPSA) is 51.6 Å². The molecule has 1 atom stereocenters. The quantitative estimate of drug-likeness (QED) is 0.596. The SMILES string of the molecule is Fc1cnc(C2=CC(c3cnnc(-c4c(F)cncc4F)c3)=CCC2F)c(F)c1. The highest BCUT2D eigenvalue weighted by atomic mass is 19.1. The third-order valence-electron chi connectivity index (χ3n) is 4.37. The molecule has 9 heteroatoms. The van der Waals surface area contributed by atoms with Gasteiger partial charge in [0.25, 0.3) is 0 Å². The van der Waals surface area contributed by atoms with E-state index in [1.54, 1.807) is 0 Å². The molecule has 0 bridgehead atoms. The summed E-state index contributed by atoms with van der Waals surface area (Å²) in [7, 11) is 0. The van der Waals surface area contributed by atoms with Gasteiger partial charge < -0.3 is 0 Å². The highest BCUT2D eigenvalue weighted by molar-refractivity contribution is 5.87. The summed E-state index contributed by atoms with van der Waals surface area (Å²) in [6, 6.07) is 2.00. The van der Waals surface area contributed by atoms with E-state index in [0.717, 1.165) is 18.6 Å². The van der Waals surface area contributed by atoms with Crippen LogP contribution in [-0.2, 0) is 0 Å². The average molecular weight is 402 g/mol. The maximum Gasteiger partial charge on any atom is 0.153 e. The Labute approximate surface area is 161 Å². The molecule has 0 aromatic carbocycles. The van der Waals surface area contributed by atoms with Gasteiger partial charge in [-0.15, -0.1) is 0 Å². The zero-order valence-electron chi connectivity index (χ0n) is 14.6. The van der Waals surface area contributed by atoms with Crippen molar-refractivity contribution in [2.45, 2.75) is 12.6 Å². The molecule has 3 heterocycles. The number of hydrogen-bond acceptors (Lipinski definition) is 4. The van der Waals surface area contributed by atoms with Crippen molar-refractivity contribution in [3.05, 3.63) is 83.6 Å². The first-order valence-corrected chi connectivity index (χ1v) is 8.43. The number of rotatable bonds is 3. The zero-order valence-corrected chi connectivity index (χ0v) is 14.6. The normalized spacial score (nSPS) is 16.4. The molecule has 0 aliphatic heterocycles. The van der Waals surface area contributed by atoms with Gasteiger partial charge in [-0.3, -0.25) is 9.97 Å². The molecule has 29 heavy (non-hydrogen) atoms. The molecular formula is C20H11F5N4. The Morgan fingerprint density at radius 1 is 0.897 bits per heavy atom. The van der Waals surface area contributed by atoms with Crippen LogP contribution in [-0.4, -0.2) is 26.3 Å². The highest BCUT2D eigenvalue weighted by Crippen LogP contribution is 2.34. The molecule has 3 aromatic rings. The Hall–Kier alpha value is -3.49. The summed E-state index contributed by atoms with van der Waals surface area (Å²) in [6.07, 6.45) is 5.07. The number of alkyl halides is 1. The molecule has 1 aliphatic carbocycles. The number of hydrogen-bond donors (Lipinski definition) is 0. The Morgan fingerprint density at radius 3 is 2.38 bits per heavy atom. The van der Waals surface area contributed by atoms with Crippen molar-refractivity contribution in [3.8, 4) is 11.3 Å². The van der Waals surface area contributed by atoms with Crippen LogP contribution in [0.4, 0.5) is 22.0 Å². The van der Waals surface area contributed by atoms with E-state index in [2.05, 4.69) is 20.2 Å². The molecule has 0 saturated heterocycles. The molecule has 0 spiro atoms. The Morgan fingerprint density at radius 2 is 1.66 bits per heavy atom. The molecule has 1 aliphatic rings. The van der Waals surface area contributed by atoms with Crippen molar-refractivity contribution in [1.82, 2.24) is 20.2 Å². The van der Waals surface area contributed by atoms with Gasteiger partial charge in [0, 0.05) is 23.6 Å². The lowest BCUT2D eigenvalue weighted by Crippen LogP contribution is -2.10. The van der Waals surface area contributed by atoms with E-state index in [4.69, 9.17) is 0 Å². The lowest BCUT2D eigenvalue weighted by molar-refractivity contribution is 0.411. The summed E-state index contributed by atoms with van der Waals surface area (Å²) in [5, 5.41) is 7.51. The molecule has 3 aromatic heterocycles. The second-order valence-electron chi connectivity index (χ2n) is 6.25. The first-order chi connectivity index (χ1) is 13.9. The van der Waals surface area contributed by atoms with Gasteiger partial charge in [-0.25, -0.2) is 22.0 Å². The second kappa shape index (κ2) is 7.50. The van der Waals surface area contributed by atoms with Gasteiger partial charge in [0.1, 0.15) is 17.7 Å². The van der Waals surface area contributed by atoms with Gasteiger partial charge in [-0.1, -0.05) is 6.08 Å². The first-order valence-electron chi connectivity index (χ1n) is 8.43. The fourth-order valence-electron chi connectivity index (χ4n) is 3.02. The van der Waals surface area contributed by atoms with Crippen molar-refractivity contribution in [2.75, 3.05) is 0 Å². The molecule has 0 fully saturated rings. The van der Waals surface area contributed by atoms with Gasteiger partial charge >= 0.3 is 0 Å². The van der Waals surface area contributed by atoms with E-state index < -0.39 is 35.0 Å². The molecule has 0 amide bonds. The molecular weight excluding hydrogens is 391 g/mol. The van der Waals surface area contributed by atoms with Crippen molar-refractivity contribution in [2.24, 2.45) is 0 Å². The van der Waals surface area contributed by atoms with Crippen LogP contribution < -0.4 is 0 Å². The van der Waals surface area contributed by atoms with E-state index in [0.29, 0.717) is 17.2 Å². The minimum Gasteiger partial charge on any atom is -0.259 e. The van der Waals surface area contributed by atoms with Crippen molar-refractivity contribution in [3.63, 3.8) is 0 Å². The van der Waals surface area contributed by atoms with Gasteiger partial charge in [0.2, 0.25) is 0 Å². The van der Waals surface area contributed by atoms with Crippen molar-refractivity contribution < 1.29 is 22.0 Å². The van der Waals surface area contributed by atoms with E-state index in [1.165, 1.54) is 24.4 Å². The van der Waals surface area contributed by atoms with Crippen LogP contribution >= 0.6 is 0 Å². The number of aromatic nitrogens is 4. The van der Waals surface area contributed by atoms with Crippen LogP contribution in [0, 0.1) is 23.3 Å². The minimum absolute atomic E-state index is 0.0698. The summed E-state index contributed by atoms with van der Waals surface area (Å²) in [5.74, 6) is -3.69. The molecule has 1 unspecified atom stereocenters. The third-order valence-corrected chi connectivity index (χ3v) is 4.37. The predicted octanol–water partition coefficient (Wildman–Crippen LogP) is 4.70. The van der Waals surface area contributed by atoms with Gasteiger partial charge in [-0.2, -0.15) is 10.2 Å². The minimum atomic E-state index is -1.55. The van der Waals surface area contributed by atoms with E-state index in [1.807, 2.05) is 0 Å². The van der Waals surface area contributed by atoms with Crippen LogP contribution in [0.25, 0.3) is 22.4 Å². The number of nitrogens with zero attached hydrogens (tertiary/aromatic N) is 4. The van der Waals surface area contributed by atoms with Crippen molar-refractivity contribution in [1.29, 1.82) is 0 Å². The summed E-state index contributed by atoms with van der Waals surface area (Å²) in [4.78, 5) is 7.07. The fourth-order valence-corrected chi connectivity index (χ4v) is 3.02. The van der Waals surface area contributed by atoms with Gasteiger partial charge in [0.05, 0.1) is 36.0 Å². The molecule has 0 saturated carbocycles. The van der Waals surface area contributed by atoms with Crippen LogP contribution in [0.5, 0.6) is 0 Å². The Balaban J connectivity index is 1.76. The van der Waals surface area contributed by atoms with Gasteiger partial charge in [0.15, 0.2) is 17.5 Å². The molecule has 0 radical (unpaired) electrons. The molecule has 4 rings (SSSR count). The second-order valence-corrected chi connectivity index (χ2v) is 6.25. The number of pyridine rings is 2. The third kappa shape index (κ3) is 3.63.